The lowest BCUT2D eigenvalue weighted by Crippen LogP contribution is -2.38. The Morgan fingerprint density at radius 1 is 1.17 bits per heavy atom. The molecular formula is C11H19N. The fourth-order valence-electron chi connectivity index (χ4n) is 2.45. The first kappa shape index (κ1) is 8.31. The van der Waals surface area contributed by atoms with Crippen LogP contribution in [0.2, 0.25) is 0 Å². The average molecular weight is 165 g/mol. The number of hydrogen-bond acceptors (Lipinski definition) is 1. The standard InChI is InChI=1S/C11H19N/c1-9-5-4-8-11(9)12-10-6-2-3-7-10/h2-3,9-12H,4-8H2,1H3. The van der Waals surface area contributed by atoms with E-state index in [2.05, 4.69) is 24.4 Å². The molecule has 0 aliphatic heterocycles. The van der Waals surface area contributed by atoms with Gasteiger partial charge in [0.2, 0.25) is 0 Å². The van der Waals surface area contributed by atoms with E-state index in [-0.39, 0.29) is 0 Å². The first-order valence-corrected chi connectivity index (χ1v) is 5.27. The molecule has 0 aromatic heterocycles. The molecule has 1 saturated carbocycles. The SMILES string of the molecule is CC1CCCC1NC1CC=CC1. The summed E-state index contributed by atoms with van der Waals surface area (Å²) >= 11 is 0. The van der Waals surface area contributed by atoms with Crippen molar-refractivity contribution in [3.05, 3.63) is 12.2 Å². The van der Waals surface area contributed by atoms with Crippen molar-refractivity contribution in [1.82, 2.24) is 5.32 Å². The van der Waals surface area contributed by atoms with Crippen LogP contribution in [0.1, 0.15) is 39.0 Å². The van der Waals surface area contributed by atoms with Crippen molar-refractivity contribution < 1.29 is 0 Å². The van der Waals surface area contributed by atoms with Crippen molar-refractivity contribution in [2.75, 3.05) is 0 Å². The summed E-state index contributed by atoms with van der Waals surface area (Å²) in [5.74, 6) is 0.908. The maximum Gasteiger partial charge on any atom is 0.0139 e. The van der Waals surface area contributed by atoms with Gasteiger partial charge in [0.1, 0.15) is 0 Å². The molecule has 1 nitrogen and oxygen atoms in total. The van der Waals surface area contributed by atoms with Gasteiger partial charge in [0, 0.05) is 12.1 Å². The summed E-state index contributed by atoms with van der Waals surface area (Å²) in [6.07, 6.45) is 11.4. The minimum atomic E-state index is 0.760. The predicted octanol–water partition coefficient (Wildman–Crippen LogP) is 2.48. The van der Waals surface area contributed by atoms with Crippen LogP contribution in [0, 0.1) is 5.92 Å². The fourth-order valence-corrected chi connectivity index (χ4v) is 2.45. The molecule has 0 bridgehead atoms. The first-order chi connectivity index (χ1) is 5.86. The third-order valence-electron chi connectivity index (χ3n) is 3.32. The Hall–Kier alpha value is -0.300. The van der Waals surface area contributed by atoms with Crippen molar-refractivity contribution in [3.8, 4) is 0 Å². The van der Waals surface area contributed by atoms with Crippen LogP contribution < -0.4 is 5.32 Å². The maximum absolute atomic E-state index is 3.77. The quantitative estimate of drug-likeness (QED) is 0.620. The third-order valence-corrected chi connectivity index (χ3v) is 3.32. The van der Waals surface area contributed by atoms with E-state index >= 15 is 0 Å². The van der Waals surface area contributed by atoms with Crippen molar-refractivity contribution in [2.45, 2.75) is 51.1 Å². The summed E-state index contributed by atoms with van der Waals surface area (Å²) in [6.45, 7) is 2.38. The van der Waals surface area contributed by atoms with Crippen LogP contribution in [0.5, 0.6) is 0 Å². The highest BCUT2D eigenvalue weighted by Gasteiger charge is 2.25. The Morgan fingerprint density at radius 2 is 1.92 bits per heavy atom. The Bertz CT molecular complexity index is 166. The van der Waals surface area contributed by atoms with Gasteiger partial charge in [0.25, 0.3) is 0 Å². The molecule has 1 fully saturated rings. The lowest BCUT2D eigenvalue weighted by Gasteiger charge is -2.22. The Morgan fingerprint density at radius 3 is 2.50 bits per heavy atom. The van der Waals surface area contributed by atoms with E-state index in [0.717, 1.165) is 18.0 Å². The zero-order valence-electron chi connectivity index (χ0n) is 7.92. The lowest BCUT2D eigenvalue weighted by molar-refractivity contribution is 0.378. The molecule has 1 N–H and O–H groups in total. The number of rotatable bonds is 2. The van der Waals surface area contributed by atoms with Crippen LogP contribution >= 0.6 is 0 Å². The first-order valence-electron chi connectivity index (χ1n) is 5.27. The molecule has 12 heavy (non-hydrogen) atoms. The van der Waals surface area contributed by atoms with Crippen molar-refractivity contribution in [1.29, 1.82) is 0 Å². The van der Waals surface area contributed by atoms with Gasteiger partial charge < -0.3 is 5.32 Å². The molecule has 0 saturated heterocycles. The molecule has 1 heteroatoms. The van der Waals surface area contributed by atoms with Gasteiger partial charge in [0.15, 0.2) is 0 Å². The molecule has 0 amide bonds. The van der Waals surface area contributed by atoms with Crippen LogP contribution in [0.4, 0.5) is 0 Å². The summed E-state index contributed by atoms with van der Waals surface area (Å²) in [5, 5.41) is 3.77. The van der Waals surface area contributed by atoms with Crippen LogP contribution in [0.15, 0.2) is 12.2 Å². The Balaban J connectivity index is 1.78. The fraction of sp³-hybridized carbons (Fsp3) is 0.818. The van der Waals surface area contributed by atoms with Gasteiger partial charge in [-0.15, -0.1) is 0 Å². The van der Waals surface area contributed by atoms with Gasteiger partial charge >= 0.3 is 0 Å². The van der Waals surface area contributed by atoms with Crippen LogP contribution in [0.25, 0.3) is 0 Å². The molecule has 2 aliphatic carbocycles. The van der Waals surface area contributed by atoms with Gasteiger partial charge in [-0.05, 0) is 31.6 Å². The molecule has 0 heterocycles. The zero-order chi connectivity index (χ0) is 8.39. The van der Waals surface area contributed by atoms with Crippen LogP contribution in [0.3, 0.4) is 0 Å². The van der Waals surface area contributed by atoms with Gasteiger partial charge in [0.05, 0.1) is 0 Å². The van der Waals surface area contributed by atoms with E-state index in [0.29, 0.717) is 0 Å². The molecular weight excluding hydrogens is 146 g/mol. The van der Waals surface area contributed by atoms with E-state index in [1.165, 1.54) is 32.1 Å². The number of hydrogen-bond donors (Lipinski definition) is 1. The molecule has 0 radical (unpaired) electrons. The highest BCUT2D eigenvalue weighted by molar-refractivity contribution is 4.99. The second kappa shape index (κ2) is 3.61. The van der Waals surface area contributed by atoms with E-state index in [4.69, 9.17) is 0 Å². The monoisotopic (exact) mass is 165 g/mol. The van der Waals surface area contributed by atoms with E-state index in [9.17, 15) is 0 Å². The second-order valence-electron chi connectivity index (χ2n) is 4.32. The molecule has 68 valence electrons. The average Bonchev–Trinajstić information content (AvgIpc) is 2.65. The summed E-state index contributed by atoms with van der Waals surface area (Å²) in [7, 11) is 0. The molecule has 2 atom stereocenters. The molecule has 2 rings (SSSR count). The molecule has 0 spiro atoms. The van der Waals surface area contributed by atoms with Gasteiger partial charge in [-0.1, -0.05) is 25.5 Å². The smallest absolute Gasteiger partial charge is 0.0139 e. The highest BCUT2D eigenvalue weighted by Crippen LogP contribution is 2.26. The molecule has 0 aromatic carbocycles. The second-order valence-corrected chi connectivity index (χ2v) is 4.32. The van der Waals surface area contributed by atoms with Crippen molar-refractivity contribution >= 4 is 0 Å². The molecule has 2 aliphatic rings. The van der Waals surface area contributed by atoms with E-state index in [1.807, 2.05) is 0 Å². The summed E-state index contributed by atoms with van der Waals surface area (Å²) in [6, 6.07) is 1.57. The van der Waals surface area contributed by atoms with Crippen LogP contribution in [-0.4, -0.2) is 12.1 Å². The summed E-state index contributed by atoms with van der Waals surface area (Å²) < 4.78 is 0. The molecule has 0 aromatic rings. The van der Waals surface area contributed by atoms with Gasteiger partial charge in [-0.3, -0.25) is 0 Å². The van der Waals surface area contributed by atoms with E-state index in [1.54, 1.807) is 0 Å². The predicted molar refractivity (Wildman–Crippen MR) is 52.1 cm³/mol. The molecule has 2 unspecified atom stereocenters. The maximum atomic E-state index is 3.77. The lowest BCUT2D eigenvalue weighted by atomic mass is 10.0. The Kier molecular flexibility index (Phi) is 2.50. The summed E-state index contributed by atoms with van der Waals surface area (Å²) in [4.78, 5) is 0. The third kappa shape index (κ3) is 1.71. The number of nitrogens with one attached hydrogen (secondary N) is 1. The van der Waals surface area contributed by atoms with Gasteiger partial charge in [-0.25, -0.2) is 0 Å². The summed E-state index contributed by atoms with van der Waals surface area (Å²) in [5.41, 5.74) is 0. The zero-order valence-corrected chi connectivity index (χ0v) is 7.92. The minimum Gasteiger partial charge on any atom is -0.310 e. The Labute approximate surface area is 75.2 Å². The topological polar surface area (TPSA) is 12.0 Å². The highest BCUT2D eigenvalue weighted by atomic mass is 15.0. The largest absolute Gasteiger partial charge is 0.310 e. The minimum absolute atomic E-state index is 0.760. The van der Waals surface area contributed by atoms with Crippen molar-refractivity contribution in [2.24, 2.45) is 5.92 Å². The van der Waals surface area contributed by atoms with Crippen LogP contribution in [-0.2, 0) is 0 Å². The van der Waals surface area contributed by atoms with Crippen molar-refractivity contribution in [3.63, 3.8) is 0 Å². The normalized spacial score (nSPS) is 36.4. The van der Waals surface area contributed by atoms with E-state index < -0.39 is 0 Å². The van der Waals surface area contributed by atoms with Gasteiger partial charge in [-0.2, -0.15) is 0 Å².